The lowest BCUT2D eigenvalue weighted by Crippen LogP contribution is -2.58. The van der Waals surface area contributed by atoms with E-state index in [0.717, 1.165) is 6.42 Å². The zero-order valence-corrected chi connectivity index (χ0v) is 16.8. The summed E-state index contributed by atoms with van der Waals surface area (Å²) < 4.78 is 5.00. The molecule has 0 unspecified atom stereocenters. The second-order valence-corrected chi connectivity index (χ2v) is 7.00. The van der Waals surface area contributed by atoms with E-state index in [1.165, 1.54) is 5.01 Å². The van der Waals surface area contributed by atoms with Gasteiger partial charge in [0.05, 0.1) is 18.8 Å². The van der Waals surface area contributed by atoms with E-state index < -0.39 is 6.04 Å². The maximum absolute atomic E-state index is 13.1. The lowest BCUT2D eigenvalue weighted by atomic mass is 10.2. The van der Waals surface area contributed by atoms with Crippen LogP contribution in [0.15, 0.2) is 35.3 Å². The first-order valence-corrected chi connectivity index (χ1v) is 9.90. The number of hydrogen-bond acceptors (Lipinski definition) is 7. The second-order valence-electron chi connectivity index (χ2n) is 7.00. The molecular formula is C20H27N5O4. The van der Waals surface area contributed by atoms with Gasteiger partial charge in [-0.25, -0.2) is 10.0 Å². The summed E-state index contributed by atoms with van der Waals surface area (Å²) in [6, 6.07) is 8.46. The molecule has 9 heteroatoms. The number of benzene rings is 1. The Morgan fingerprint density at radius 1 is 1.17 bits per heavy atom. The summed E-state index contributed by atoms with van der Waals surface area (Å²) in [7, 11) is 0. The van der Waals surface area contributed by atoms with Gasteiger partial charge >= 0.3 is 5.97 Å². The van der Waals surface area contributed by atoms with Gasteiger partial charge in [0.1, 0.15) is 6.04 Å². The molecule has 1 saturated heterocycles. The summed E-state index contributed by atoms with van der Waals surface area (Å²) in [6.45, 7) is 6.38. The number of nitrogens with one attached hydrogen (secondary N) is 1. The molecule has 156 valence electrons. The van der Waals surface area contributed by atoms with Gasteiger partial charge in [-0.3, -0.25) is 24.7 Å². The Morgan fingerprint density at radius 2 is 1.93 bits per heavy atom. The fraction of sp³-hybridized carbons (Fsp3) is 0.500. The van der Waals surface area contributed by atoms with Crippen LogP contribution in [0.2, 0.25) is 0 Å². The van der Waals surface area contributed by atoms with Gasteiger partial charge in [-0.05, 0) is 32.4 Å². The van der Waals surface area contributed by atoms with Crippen molar-refractivity contribution in [3.05, 3.63) is 30.3 Å². The minimum absolute atomic E-state index is 0.153. The van der Waals surface area contributed by atoms with Crippen LogP contribution >= 0.6 is 0 Å². The van der Waals surface area contributed by atoms with E-state index in [1.807, 2.05) is 23.1 Å². The van der Waals surface area contributed by atoms with Crippen LogP contribution in [-0.2, 0) is 19.1 Å². The molecule has 0 radical (unpaired) electrons. The van der Waals surface area contributed by atoms with Gasteiger partial charge in [-0.1, -0.05) is 18.2 Å². The highest BCUT2D eigenvalue weighted by atomic mass is 16.5. The zero-order valence-electron chi connectivity index (χ0n) is 16.8. The fourth-order valence-corrected chi connectivity index (χ4v) is 3.37. The van der Waals surface area contributed by atoms with E-state index in [-0.39, 0.29) is 30.2 Å². The Balaban J connectivity index is 1.65. The molecular weight excluding hydrogens is 374 g/mol. The third-order valence-electron chi connectivity index (χ3n) is 4.87. The Bertz CT molecular complexity index is 782. The summed E-state index contributed by atoms with van der Waals surface area (Å²) in [4.78, 5) is 45.2. The summed E-state index contributed by atoms with van der Waals surface area (Å²) in [5.41, 5.74) is 3.54. The number of carbonyl (C=O) groups is 3. The average molecular weight is 401 g/mol. The van der Waals surface area contributed by atoms with Gasteiger partial charge in [0.25, 0.3) is 11.8 Å². The summed E-state index contributed by atoms with van der Waals surface area (Å²) >= 11 is 0. The molecule has 1 aromatic carbocycles. The smallest absolute Gasteiger partial charge is 0.320 e. The molecule has 1 N–H and O–H groups in total. The van der Waals surface area contributed by atoms with Crippen molar-refractivity contribution >= 4 is 29.3 Å². The maximum atomic E-state index is 13.1. The van der Waals surface area contributed by atoms with Crippen LogP contribution in [0, 0.1) is 0 Å². The predicted molar refractivity (Wildman–Crippen MR) is 108 cm³/mol. The number of amides is 2. The van der Waals surface area contributed by atoms with Crippen LogP contribution < -0.4 is 10.4 Å². The third-order valence-corrected chi connectivity index (χ3v) is 4.87. The molecule has 1 aromatic rings. The molecule has 2 amide bonds. The van der Waals surface area contributed by atoms with Gasteiger partial charge in [-0.2, -0.15) is 0 Å². The molecule has 1 atom stereocenters. The molecule has 9 nitrogen and oxygen atoms in total. The number of aliphatic imine (C=N–C) groups is 1. The molecule has 0 aromatic heterocycles. The Hall–Kier alpha value is -2.94. The lowest BCUT2D eigenvalue weighted by molar-refractivity contribution is -0.144. The van der Waals surface area contributed by atoms with Crippen molar-refractivity contribution in [1.29, 1.82) is 0 Å². The first-order valence-electron chi connectivity index (χ1n) is 9.90. The van der Waals surface area contributed by atoms with Crippen LogP contribution in [0.25, 0.3) is 0 Å². The monoisotopic (exact) mass is 401 g/mol. The van der Waals surface area contributed by atoms with Crippen molar-refractivity contribution in [3.8, 4) is 0 Å². The summed E-state index contributed by atoms with van der Waals surface area (Å²) in [5.74, 6) is -0.566. The standard InChI is InChI=1S/C20H27N5O4/c1-3-29-17(26)14-23-10-7-11-24(13-12-23)20(28)18-21-15(2)19(27)25(22-18)16-8-5-4-6-9-16/h4-6,8-9,15H,3,7,10-14H2,1-2H3,(H,21,22)/t15-/m1/s1. The van der Waals surface area contributed by atoms with Crippen molar-refractivity contribution in [1.82, 2.24) is 15.2 Å². The van der Waals surface area contributed by atoms with Crippen molar-refractivity contribution in [2.45, 2.75) is 26.3 Å². The number of para-hydroxylation sites is 1. The first-order chi connectivity index (χ1) is 14.0. The van der Waals surface area contributed by atoms with Crippen LogP contribution in [-0.4, -0.2) is 78.8 Å². The normalized spacial score (nSPS) is 20.6. The van der Waals surface area contributed by atoms with E-state index >= 15 is 0 Å². The summed E-state index contributed by atoms with van der Waals surface area (Å²) in [5, 5.41) is 1.37. The zero-order chi connectivity index (χ0) is 20.8. The molecule has 0 saturated carbocycles. The topological polar surface area (TPSA) is 94.5 Å². The predicted octanol–water partition coefficient (Wildman–Crippen LogP) is 0.422. The Kier molecular flexibility index (Phi) is 6.82. The molecule has 3 rings (SSSR count). The lowest BCUT2D eigenvalue weighted by Gasteiger charge is -2.32. The highest BCUT2D eigenvalue weighted by molar-refractivity contribution is 6.39. The second kappa shape index (κ2) is 9.51. The first kappa shape index (κ1) is 20.8. The largest absolute Gasteiger partial charge is 0.465 e. The van der Waals surface area contributed by atoms with Crippen LogP contribution in [0.4, 0.5) is 5.69 Å². The molecule has 2 aliphatic rings. The fourth-order valence-electron chi connectivity index (χ4n) is 3.37. The quantitative estimate of drug-likeness (QED) is 0.719. The Labute approximate surface area is 170 Å². The van der Waals surface area contributed by atoms with E-state index in [0.29, 0.717) is 38.5 Å². The summed E-state index contributed by atoms with van der Waals surface area (Å²) in [6.07, 6.45) is 0.745. The number of anilines is 1. The third kappa shape index (κ3) is 5.11. The van der Waals surface area contributed by atoms with E-state index in [9.17, 15) is 14.4 Å². The molecule has 29 heavy (non-hydrogen) atoms. The number of hydrogen-bond donors (Lipinski definition) is 1. The molecule has 0 bridgehead atoms. The number of esters is 1. The molecule has 0 spiro atoms. The highest BCUT2D eigenvalue weighted by Gasteiger charge is 2.33. The van der Waals surface area contributed by atoms with Gasteiger partial charge in [0.15, 0.2) is 0 Å². The molecule has 2 heterocycles. The number of amidine groups is 1. The highest BCUT2D eigenvalue weighted by Crippen LogP contribution is 2.16. The van der Waals surface area contributed by atoms with E-state index in [4.69, 9.17) is 4.74 Å². The van der Waals surface area contributed by atoms with E-state index in [2.05, 4.69) is 10.4 Å². The van der Waals surface area contributed by atoms with Crippen molar-refractivity contribution in [2.24, 2.45) is 4.99 Å². The van der Waals surface area contributed by atoms with Gasteiger partial charge in [0.2, 0.25) is 5.84 Å². The molecule has 1 fully saturated rings. The number of hydrazine groups is 1. The number of carbonyl (C=O) groups excluding carboxylic acids is 3. The van der Waals surface area contributed by atoms with Crippen molar-refractivity contribution in [2.75, 3.05) is 44.3 Å². The van der Waals surface area contributed by atoms with Crippen LogP contribution in [0.3, 0.4) is 0 Å². The van der Waals surface area contributed by atoms with E-state index in [1.54, 1.807) is 30.9 Å². The maximum Gasteiger partial charge on any atom is 0.320 e. The van der Waals surface area contributed by atoms with Gasteiger partial charge in [0, 0.05) is 26.2 Å². The Morgan fingerprint density at radius 3 is 2.66 bits per heavy atom. The van der Waals surface area contributed by atoms with Crippen molar-refractivity contribution in [3.63, 3.8) is 0 Å². The minimum atomic E-state index is -0.650. The average Bonchev–Trinajstić information content (AvgIpc) is 2.95. The van der Waals surface area contributed by atoms with Crippen LogP contribution in [0.5, 0.6) is 0 Å². The van der Waals surface area contributed by atoms with Crippen molar-refractivity contribution < 1.29 is 19.1 Å². The number of nitrogens with zero attached hydrogens (tertiary/aromatic N) is 4. The minimum Gasteiger partial charge on any atom is -0.465 e. The van der Waals surface area contributed by atoms with Gasteiger partial charge < -0.3 is 9.64 Å². The molecule has 2 aliphatic heterocycles. The van der Waals surface area contributed by atoms with Crippen LogP contribution in [0.1, 0.15) is 20.3 Å². The molecule has 0 aliphatic carbocycles. The van der Waals surface area contributed by atoms with Gasteiger partial charge in [-0.15, -0.1) is 0 Å². The number of rotatable bonds is 5. The number of ether oxygens (including phenoxy) is 1. The SMILES string of the molecule is CCOC(=O)CN1CCCN(C(=O)C2=N[C@H](C)C(=O)N(c3ccccc3)N2)CC1.